The molecule has 0 spiro atoms. The van der Waals surface area contributed by atoms with Gasteiger partial charge in [-0.25, -0.2) is 0 Å². The average Bonchev–Trinajstić information content (AvgIpc) is 2.39. The Labute approximate surface area is 109 Å². The maximum atomic E-state index is 11.6. The fourth-order valence-corrected chi connectivity index (χ4v) is 2.56. The van der Waals surface area contributed by atoms with E-state index in [1.807, 2.05) is 12.1 Å². The molecule has 0 N–H and O–H groups in total. The summed E-state index contributed by atoms with van der Waals surface area (Å²) in [5.74, 6) is 1.15. The second-order valence-electron chi connectivity index (χ2n) is 5.06. The molecule has 1 fully saturated rings. The highest BCUT2D eigenvalue weighted by molar-refractivity contribution is 5.80. The minimum absolute atomic E-state index is 0.373. The van der Waals surface area contributed by atoms with Crippen LogP contribution in [0.5, 0.6) is 0 Å². The highest BCUT2D eigenvalue weighted by atomic mass is 16.1. The second kappa shape index (κ2) is 6.34. The maximum Gasteiger partial charge on any atom is 0.134 e. The first-order valence-corrected chi connectivity index (χ1v) is 6.62. The molecule has 1 aliphatic rings. The SMILES string of the molecule is C=C[C@@H]1CC(=O)C[C@H](/C=C/Cc2ccccc2)C1. The molecule has 1 heteroatoms. The van der Waals surface area contributed by atoms with Crippen LogP contribution >= 0.6 is 0 Å². The standard InChI is InChI=1S/C17H20O/c1-2-14-11-16(13-17(18)12-14)10-6-9-15-7-4-3-5-8-15/h2-8,10,14,16H,1,9,11-13H2/b10-6+/t14-,16+/m0/s1. The lowest BCUT2D eigenvalue weighted by Gasteiger charge is -2.23. The summed E-state index contributed by atoms with van der Waals surface area (Å²) in [7, 11) is 0. The molecule has 1 aliphatic carbocycles. The molecule has 0 unspecified atom stereocenters. The van der Waals surface area contributed by atoms with Gasteiger partial charge in [0.05, 0.1) is 0 Å². The van der Waals surface area contributed by atoms with Crippen LogP contribution in [0.4, 0.5) is 0 Å². The van der Waals surface area contributed by atoms with Crippen molar-refractivity contribution in [1.82, 2.24) is 0 Å². The van der Waals surface area contributed by atoms with Crippen LogP contribution in [0.15, 0.2) is 55.1 Å². The lowest BCUT2D eigenvalue weighted by molar-refractivity contribution is -0.121. The van der Waals surface area contributed by atoms with Crippen molar-refractivity contribution in [2.45, 2.75) is 25.7 Å². The minimum atomic E-state index is 0.373. The Bertz CT molecular complexity index is 430. The summed E-state index contributed by atoms with van der Waals surface area (Å²) in [6, 6.07) is 10.4. The zero-order chi connectivity index (χ0) is 12.8. The Kier molecular flexibility index (Phi) is 4.52. The van der Waals surface area contributed by atoms with E-state index in [4.69, 9.17) is 0 Å². The predicted molar refractivity (Wildman–Crippen MR) is 75.3 cm³/mol. The van der Waals surface area contributed by atoms with Gasteiger partial charge in [0.1, 0.15) is 5.78 Å². The molecular formula is C17H20O. The molecular weight excluding hydrogens is 220 g/mol. The molecule has 1 saturated carbocycles. The molecule has 1 aromatic rings. The van der Waals surface area contributed by atoms with Crippen LogP contribution < -0.4 is 0 Å². The van der Waals surface area contributed by atoms with Crippen molar-refractivity contribution in [2.24, 2.45) is 11.8 Å². The van der Waals surface area contributed by atoms with Crippen molar-refractivity contribution in [2.75, 3.05) is 0 Å². The highest BCUT2D eigenvalue weighted by Gasteiger charge is 2.23. The van der Waals surface area contributed by atoms with E-state index in [0.29, 0.717) is 30.5 Å². The number of hydrogen-bond donors (Lipinski definition) is 0. The molecule has 0 radical (unpaired) electrons. The van der Waals surface area contributed by atoms with Crippen molar-refractivity contribution in [1.29, 1.82) is 0 Å². The van der Waals surface area contributed by atoms with E-state index in [0.717, 1.165) is 12.8 Å². The van der Waals surface area contributed by atoms with Gasteiger partial charge in [0.2, 0.25) is 0 Å². The van der Waals surface area contributed by atoms with Gasteiger partial charge in [0, 0.05) is 12.8 Å². The first-order valence-electron chi connectivity index (χ1n) is 6.62. The summed E-state index contributed by atoms with van der Waals surface area (Å²) in [6.45, 7) is 3.80. The van der Waals surface area contributed by atoms with Gasteiger partial charge >= 0.3 is 0 Å². The minimum Gasteiger partial charge on any atom is -0.300 e. The Morgan fingerprint density at radius 2 is 1.89 bits per heavy atom. The number of Topliss-reactive ketones (excluding diaryl/α,β-unsaturated/α-hetero) is 1. The van der Waals surface area contributed by atoms with E-state index in [9.17, 15) is 4.79 Å². The van der Waals surface area contributed by atoms with Crippen molar-refractivity contribution in [3.8, 4) is 0 Å². The van der Waals surface area contributed by atoms with Gasteiger partial charge in [-0.2, -0.15) is 0 Å². The molecule has 2 atom stereocenters. The monoisotopic (exact) mass is 240 g/mol. The molecule has 18 heavy (non-hydrogen) atoms. The molecule has 1 aromatic carbocycles. The van der Waals surface area contributed by atoms with Gasteiger partial charge in [0.25, 0.3) is 0 Å². The summed E-state index contributed by atoms with van der Waals surface area (Å²) in [5, 5.41) is 0. The Hall–Kier alpha value is -1.63. The van der Waals surface area contributed by atoms with E-state index < -0.39 is 0 Å². The summed E-state index contributed by atoms with van der Waals surface area (Å²) < 4.78 is 0. The largest absolute Gasteiger partial charge is 0.300 e. The van der Waals surface area contributed by atoms with Crippen LogP contribution in [0.25, 0.3) is 0 Å². The van der Waals surface area contributed by atoms with Crippen molar-refractivity contribution in [3.05, 3.63) is 60.7 Å². The van der Waals surface area contributed by atoms with Crippen LogP contribution in [-0.4, -0.2) is 5.78 Å². The quantitative estimate of drug-likeness (QED) is 0.728. The highest BCUT2D eigenvalue weighted by Crippen LogP contribution is 2.28. The number of rotatable bonds is 4. The molecule has 0 amide bonds. The maximum absolute atomic E-state index is 11.6. The van der Waals surface area contributed by atoms with Crippen molar-refractivity contribution >= 4 is 5.78 Å². The zero-order valence-electron chi connectivity index (χ0n) is 10.7. The van der Waals surface area contributed by atoms with E-state index in [2.05, 4.69) is 43.0 Å². The van der Waals surface area contributed by atoms with E-state index in [1.54, 1.807) is 0 Å². The number of allylic oxidation sites excluding steroid dienone is 3. The van der Waals surface area contributed by atoms with Gasteiger partial charge in [-0.05, 0) is 30.2 Å². The predicted octanol–water partition coefficient (Wildman–Crippen LogP) is 3.96. The molecule has 0 heterocycles. The lowest BCUT2D eigenvalue weighted by Crippen LogP contribution is -2.20. The molecule has 0 aliphatic heterocycles. The molecule has 0 saturated heterocycles. The summed E-state index contributed by atoms with van der Waals surface area (Å²) in [5.41, 5.74) is 1.32. The summed E-state index contributed by atoms with van der Waals surface area (Å²) >= 11 is 0. The van der Waals surface area contributed by atoms with Crippen molar-refractivity contribution < 1.29 is 4.79 Å². The van der Waals surface area contributed by atoms with Gasteiger partial charge in [-0.1, -0.05) is 48.6 Å². The van der Waals surface area contributed by atoms with Gasteiger partial charge < -0.3 is 0 Å². The number of hydrogen-bond acceptors (Lipinski definition) is 1. The fraction of sp³-hybridized carbons (Fsp3) is 0.353. The van der Waals surface area contributed by atoms with Crippen LogP contribution in [0.2, 0.25) is 0 Å². The molecule has 94 valence electrons. The fourth-order valence-electron chi connectivity index (χ4n) is 2.56. The Morgan fingerprint density at radius 3 is 2.61 bits per heavy atom. The topological polar surface area (TPSA) is 17.1 Å². The number of benzene rings is 1. The van der Waals surface area contributed by atoms with Gasteiger partial charge in [-0.15, -0.1) is 6.58 Å². The smallest absolute Gasteiger partial charge is 0.134 e. The molecule has 0 aromatic heterocycles. The van der Waals surface area contributed by atoms with E-state index in [-0.39, 0.29) is 0 Å². The third kappa shape index (κ3) is 3.69. The second-order valence-corrected chi connectivity index (χ2v) is 5.06. The first-order chi connectivity index (χ1) is 8.78. The van der Waals surface area contributed by atoms with E-state index >= 15 is 0 Å². The van der Waals surface area contributed by atoms with Crippen LogP contribution in [0.3, 0.4) is 0 Å². The van der Waals surface area contributed by atoms with Gasteiger partial charge in [-0.3, -0.25) is 4.79 Å². The normalized spacial score (nSPS) is 24.3. The molecule has 1 nitrogen and oxygen atoms in total. The first kappa shape index (κ1) is 12.8. The Balaban J connectivity index is 1.88. The molecule has 2 rings (SSSR count). The van der Waals surface area contributed by atoms with E-state index in [1.165, 1.54) is 5.56 Å². The zero-order valence-corrected chi connectivity index (χ0v) is 10.7. The number of carbonyl (C=O) groups is 1. The Morgan fingerprint density at radius 1 is 1.17 bits per heavy atom. The lowest BCUT2D eigenvalue weighted by atomic mass is 9.80. The number of ketones is 1. The van der Waals surface area contributed by atoms with Crippen LogP contribution in [0, 0.1) is 11.8 Å². The van der Waals surface area contributed by atoms with Crippen LogP contribution in [0.1, 0.15) is 24.8 Å². The summed E-state index contributed by atoms with van der Waals surface area (Å²) in [4.78, 5) is 11.6. The van der Waals surface area contributed by atoms with Gasteiger partial charge in [0.15, 0.2) is 0 Å². The third-order valence-electron chi connectivity index (χ3n) is 3.52. The average molecular weight is 240 g/mol. The molecule has 0 bridgehead atoms. The van der Waals surface area contributed by atoms with Crippen molar-refractivity contribution in [3.63, 3.8) is 0 Å². The van der Waals surface area contributed by atoms with Crippen LogP contribution in [-0.2, 0) is 11.2 Å². The number of carbonyl (C=O) groups excluding carboxylic acids is 1. The summed E-state index contributed by atoms with van der Waals surface area (Å²) in [6.07, 6.45) is 9.74. The third-order valence-corrected chi connectivity index (χ3v) is 3.52.